The Labute approximate surface area is 106 Å². The van der Waals surface area contributed by atoms with E-state index in [0.717, 1.165) is 18.4 Å². The molecule has 1 unspecified atom stereocenters. The van der Waals surface area contributed by atoms with Gasteiger partial charge in [-0.2, -0.15) is 0 Å². The van der Waals surface area contributed by atoms with Gasteiger partial charge in [-0.05, 0) is 62.1 Å². The van der Waals surface area contributed by atoms with Crippen molar-refractivity contribution in [3.05, 3.63) is 58.7 Å². The Morgan fingerprint density at radius 2 is 1.89 bits per heavy atom. The summed E-state index contributed by atoms with van der Waals surface area (Å²) in [6.07, 6.45) is 1.97. The Morgan fingerprint density at radius 3 is 2.61 bits per heavy atom. The van der Waals surface area contributed by atoms with Crippen molar-refractivity contribution >= 4 is 0 Å². The molecule has 0 fully saturated rings. The Hall–Kier alpha value is -1.77. The van der Waals surface area contributed by atoms with E-state index in [0.29, 0.717) is 0 Å². The monoisotopic (exact) mass is 244 g/mol. The molecule has 0 aliphatic heterocycles. The molecule has 0 spiro atoms. The average Bonchev–Trinajstić information content (AvgIpc) is 2.87. The van der Waals surface area contributed by atoms with Crippen LogP contribution in [0.25, 0.3) is 0 Å². The van der Waals surface area contributed by atoms with Gasteiger partial charge in [-0.25, -0.2) is 4.39 Å². The third-order valence-electron chi connectivity index (χ3n) is 3.74. The van der Waals surface area contributed by atoms with Gasteiger partial charge in [-0.3, -0.25) is 4.68 Å². The van der Waals surface area contributed by atoms with Gasteiger partial charge in [0.15, 0.2) is 0 Å². The second kappa shape index (κ2) is 4.16. The molecule has 1 aliphatic carbocycles. The van der Waals surface area contributed by atoms with Crippen molar-refractivity contribution < 1.29 is 4.39 Å². The lowest BCUT2D eigenvalue weighted by atomic mass is 10.1. The molecule has 18 heavy (non-hydrogen) atoms. The highest BCUT2D eigenvalue weighted by Crippen LogP contribution is 2.32. The van der Waals surface area contributed by atoms with E-state index in [2.05, 4.69) is 36.1 Å². The molecule has 94 valence electrons. The van der Waals surface area contributed by atoms with Crippen LogP contribution in [0.4, 0.5) is 4.39 Å². The van der Waals surface area contributed by atoms with Gasteiger partial charge in [0, 0.05) is 11.4 Å². The Morgan fingerprint density at radius 1 is 1.17 bits per heavy atom. The predicted octanol–water partition coefficient (Wildman–Crippen LogP) is 3.48. The molecule has 1 atom stereocenters. The summed E-state index contributed by atoms with van der Waals surface area (Å²) >= 11 is 0. The minimum Gasteiger partial charge on any atom is -0.318 e. The van der Waals surface area contributed by atoms with Gasteiger partial charge in [0.2, 0.25) is 0 Å². The van der Waals surface area contributed by atoms with Crippen molar-refractivity contribution in [2.24, 2.45) is 0 Å². The van der Waals surface area contributed by atoms with Crippen molar-refractivity contribution in [2.75, 3.05) is 5.43 Å². The first-order chi connectivity index (χ1) is 8.65. The molecule has 1 aromatic carbocycles. The SMILES string of the molecule is Cc1ccc(C)n1NC1CCc2cc(F)ccc21. The minimum absolute atomic E-state index is 0.136. The Bertz CT molecular complexity index is 567. The molecule has 1 N–H and O–H groups in total. The zero-order valence-corrected chi connectivity index (χ0v) is 10.7. The maximum absolute atomic E-state index is 13.2. The molecule has 0 saturated heterocycles. The molecule has 1 aliphatic rings. The number of benzene rings is 1. The lowest BCUT2D eigenvalue weighted by Crippen LogP contribution is -2.21. The number of rotatable bonds is 2. The highest BCUT2D eigenvalue weighted by Gasteiger charge is 2.23. The third kappa shape index (κ3) is 1.80. The summed E-state index contributed by atoms with van der Waals surface area (Å²) in [6, 6.07) is 9.60. The largest absolute Gasteiger partial charge is 0.318 e. The van der Waals surface area contributed by atoms with Crippen molar-refractivity contribution in [3.8, 4) is 0 Å². The highest BCUT2D eigenvalue weighted by molar-refractivity contribution is 5.37. The molecule has 0 bridgehead atoms. The average molecular weight is 244 g/mol. The normalized spacial score (nSPS) is 17.8. The number of hydrogen-bond donors (Lipinski definition) is 1. The van der Waals surface area contributed by atoms with Gasteiger partial charge >= 0.3 is 0 Å². The molecule has 1 heterocycles. The van der Waals surface area contributed by atoms with Crippen LogP contribution in [0.15, 0.2) is 30.3 Å². The van der Waals surface area contributed by atoms with Crippen LogP contribution in [0.3, 0.4) is 0 Å². The lowest BCUT2D eigenvalue weighted by Gasteiger charge is -2.19. The number of aromatic nitrogens is 1. The van der Waals surface area contributed by atoms with Crippen LogP contribution in [-0.4, -0.2) is 4.68 Å². The van der Waals surface area contributed by atoms with Crippen LogP contribution in [0.1, 0.15) is 35.0 Å². The first kappa shape index (κ1) is 11.3. The fourth-order valence-corrected chi connectivity index (χ4v) is 2.75. The quantitative estimate of drug-likeness (QED) is 0.856. The van der Waals surface area contributed by atoms with Gasteiger partial charge in [-0.15, -0.1) is 0 Å². The van der Waals surface area contributed by atoms with Crippen LogP contribution in [0, 0.1) is 19.7 Å². The van der Waals surface area contributed by atoms with Crippen molar-refractivity contribution in [2.45, 2.75) is 32.7 Å². The molecule has 2 aromatic rings. The van der Waals surface area contributed by atoms with E-state index in [1.54, 1.807) is 12.1 Å². The van der Waals surface area contributed by atoms with Gasteiger partial charge in [0.1, 0.15) is 5.82 Å². The molecule has 0 saturated carbocycles. The lowest BCUT2D eigenvalue weighted by molar-refractivity contribution is 0.625. The number of halogens is 1. The Kier molecular flexibility index (Phi) is 2.62. The van der Waals surface area contributed by atoms with Gasteiger partial charge < -0.3 is 5.43 Å². The summed E-state index contributed by atoms with van der Waals surface area (Å²) in [5.41, 5.74) is 8.28. The molecule has 1 aromatic heterocycles. The summed E-state index contributed by atoms with van der Waals surface area (Å²) < 4.78 is 15.3. The molecule has 2 nitrogen and oxygen atoms in total. The number of nitrogens with zero attached hydrogens (tertiary/aromatic N) is 1. The van der Waals surface area contributed by atoms with Crippen molar-refractivity contribution in [1.82, 2.24) is 4.68 Å². The maximum Gasteiger partial charge on any atom is 0.123 e. The summed E-state index contributed by atoms with van der Waals surface area (Å²) in [5, 5.41) is 0. The van der Waals surface area contributed by atoms with Gasteiger partial charge in [0.25, 0.3) is 0 Å². The van der Waals surface area contributed by atoms with E-state index >= 15 is 0 Å². The second-order valence-corrected chi connectivity index (χ2v) is 5.02. The van der Waals surface area contributed by atoms with Gasteiger partial charge in [-0.1, -0.05) is 6.07 Å². The number of fused-ring (bicyclic) bond motifs is 1. The number of aryl methyl sites for hydroxylation is 3. The third-order valence-corrected chi connectivity index (χ3v) is 3.74. The molecule has 3 rings (SSSR count). The van der Waals surface area contributed by atoms with Crippen LogP contribution in [-0.2, 0) is 6.42 Å². The first-order valence-corrected chi connectivity index (χ1v) is 6.35. The smallest absolute Gasteiger partial charge is 0.123 e. The summed E-state index contributed by atoms with van der Waals surface area (Å²) in [5.74, 6) is -0.136. The maximum atomic E-state index is 13.2. The molecular formula is C15H17FN2. The van der Waals surface area contributed by atoms with E-state index in [4.69, 9.17) is 0 Å². The summed E-state index contributed by atoms with van der Waals surface area (Å²) in [4.78, 5) is 0. The highest BCUT2D eigenvalue weighted by atomic mass is 19.1. The molecule has 0 amide bonds. The Balaban J connectivity index is 1.89. The first-order valence-electron chi connectivity index (χ1n) is 6.35. The van der Waals surface area contributed by atoms with E-state index < -0.39 is 0 Å². The molecular weight excluding hydrogens is 227 g/mol. The molecule has 3 heteroatoms. The molecule has 0 radical (unpaired) electrons. The van der Waals surface area contributed by atoms with Gasteiger partial charge in [0.05, 0.1) is 6.04 Å². The number of hydrogen-bond acceptors (Lipinski definition) is 1. The van der Waals surface area contributed by atoms with E-state index in [1.807, 2.05) is 6.07 Å². The van der Waals surface area contributed by atoms with E-state index in [1.165, 1.54) is 17.0 Å². The fraction of sp³-hybridized carbons (Fsp3) is 0.333. The van der Waals surface area contributed by atoms with Crippen molar-refractivity contribution in [1.29, 1.82) is 0 Å². The van der Waals surface area contributed by atoms with Crippen molar-refractivity contribution in [3.63, 3.8) is 0 Å². The van der Waals surface area contributed by atoms with Crippen LogP contribution in [0.5, 0.6) is 0 Å². The second-order valence-electron chi connectivity index (χ2n) is 5.02. The van der Waals surface area contributed by atoms with E-state index in [9.17, 15) is 4.39 Å². The number of nitrogens with one attached hydrogen (secondary N) is 1. The summed E-state index contributed by atoms with van der Waals surface area (Å²) in [7, 11) is 0. The fourth-order valence-electron chi connectivity index (χ4n) is 2.75. The zero-order valence-electron chi connectivity index (χ0n) is 10.7. The predicted molar refractivity (Wildman–Crippen MR) is 70.7 cm³/mol. The topological polar surface area (TPSA) is 17.0 Å². The standard InChI is InChI=1S/C15H17FN2/c1-10-3-4-11(2)18(10)17-15-8-5-12-9-13(16)6-7-14(12)15/h3-4,6-7,9,15,17H,5,8H2,1-2H3. The van der Waals surface area contributed by atoms with Crippen LogP contribution >= 0.6 is 0 Å². The zero-order chi connectivity index (χ0) is 12.7. The minimum atomic E-state index is -0.136. The van der Waals surface area contributed by atoms with E-state index in [-0.39, 0.29) is 11.9 Å². The van der Waals surface area contributed by atoms with Crippen LogP contribution < -0.4 is 5.43 Å². The van der Waals surface area contributed by atoms with Crippen LogP contribution in [0.2, 0.25) is 0 Å². The summed E-state index contributed by atoms with van der Waals surface area (Å²) in [6.45, 7) is 4.17.